The summed E-state index contributed by atoms with van der Waals surface area (Å²) in [6, 6.07) is 0.228. The minimum Gasteiger partial charge on any atom is -0.354 e. The predicted molar refractivity (Wildman–Crippen MR) is 68.5 cm³/mol. The van der Waals surface area contributed by atoms with Gasteiger partial charge in [-0.3, -0.25) is 4.79 Å². The first-order chi connectivity index (χ1) is 7.25. The maximum Gasteiger partial charge on any atom is 0.221 e. The lowest BCUT2D eigenvalue weighted by Gasteiger charge is -2.32. The van der Waals surface area contributed by atoms with E-state index in [9.17, 15) is 4.79 Å². The third-order valence-corrected chi connectivity index (χ3v) is 2.75. The summed E-state index contributed by atoms with van der Waals surface area (Å²) in [4.78, 5) is 13.5. The Morgan fingerprint density at radius 2 is 1.88 bits per heavy atom. The summed E-state index contributed by atoms with van der Waals surface area (Å²) in [6.45, 7) is 9.91. The first-order valence-electron chi connectivity index (χ1n) is 5.93. The fraction of sp³-hybridized carbons (Fsp3) is 0.917. The van der Waals surface area contributed by atoms with Crippen molar-refractivity contribution >= 4 is 5.91 Å². The van der Waals surface area contributed by atoms with Crippen molar-refractivity contribution in [2.45, 2.75) is 45.7 Å². The molecule has 0 aromatic rings. The molecule has 1 amide bonds. The number of hydrogen-bond donors (Lipinski definition) is 2. The zero-order valence-electron chi connectivity index (χ0n) is 11.6. The first-order valence-corrected chi connectivity index (χ1v) is 5.93. The van der Waals surface area contributed by atoms with E-state index >= 15 is 0 Å². The molecule has 0 unspecified atom stereocenters. The van der Waals surface area contributed by atoms with E-state index in [1.807, 2.05) is 13.8 Å². The number of likely N-dealkylation sites (N-methyl/N-ethyl adjacent to an activating group) is 1. The number of carbonyl (C=O) groups excluding carboxylic acids is 1. The third kappa shape index (κ3) is 6.80. The highest BCUT2D eigenvalue weighted by Crippen LogP contribution is 2.07. The van der Waals surface area contributed by atoms with Gasteiger partial charge in [0.1, 0.15) is 0 Å². The third-order valence-electron chi connectivity index (χ3n) is 2.75. The van der Waals surface area contributed by atoms with Gasteiger partial charge in [-0.25, -0.2) is 0 Å². The molecule has 0 atom stereocenters. The molecule has 96 valence electrons. The number of rotatable bonds is 7. The van der Waals surface area contributed by atoms with E-state index in [0.717, 1.165) is 13.1 Å². The molecule has 0 bridgehead atoms. The van der Waals surface area contributed by atoms with Crippen LogP contribution in [-0.4, -0.2) is 49.6 Å². The summed E-state index contributed by atoms with van der Waals surface area (Å²) in [5, 5.41) is 6.18. The van der Waals surface area contributed by atoms with Gasteiger partial charge in [0.05, 0.1) is 0 Å². The summed E-state index contributed by atoms with van der Waals surface area (Å²) >= 11 is 0. The van der Waals surface area contributed by atoms with Crippen molar-refractivity contribution in [2.75, 3.05) is 27.2 Å². The molecule has 0 aromatic heterocycles. The Labute approximate surface area is 99.8 Å². The molecule has 0 fully saturated rings. The van der Waals surface area contributed by atoms with Crippen LogP contribution in [0.15, 0.2) is 0 Å². The number of nitrogens with zero attached hydrogens (tertiary/aromatic N) is 1. The van der Waals surface area contributed by atoms with E-state index in [0.29, 0.717) is 6.42 Å². The molecule has 0 aliphatic rings. The quantitative estimate of drug-likeness (QED) is 0.636. The molecular weight excluding hydrogens is 202 g/mol. The second-order valence-corrected chi connectivity index (χ2v) is 5.36. The average molecular weight is 229 g/mol. The van der Waals surface area contributed by atoms with Crippen molar-refractivity contribution in [1.82, 2.24) is 15.5 Å². The van der Waals surface area contributed by atoms with E-state index in [1.54, 1.807) is 0 Å². The van der Waals surface area contributed by atoms with Crippen molar-refractivity contribution in [1.29, 1.82) is 0 Å². The molecule has 16 heavy (non-hydrogen) atoms. The molecular formula is C12H27N3O. The monoisotopic (exact) mass is 229 g/mol. The van der Waals surface area contributed by atoms with Crippen molar-refractivity contribution in [3.8, 4) is 0 Å². The van der Waals surface area contributed by atoms with Crippen LogP contribution in [0.4, 0.5) is 0 Å². The summed E-state index contributed by atoms with van der Waals surface area (Å²) < 4.78 is 0. The van der Waals surface area contributed by atoms with Gasteiger partial charge in [0, 0.05) is 31.1 Å². The molecule has 0 saturated heterocycles. The van der Waals surface area contributed by atoms with Gasteiger partial charge in [-0.2, -0.15) is 0 Å². The smallest absolute Gasteiger partial charge is 0.221 e. The molecule has 0 radical (unpaired) electrons. The molecule has 0 aliphatic heterocycles. The molecule has 0 aromatic carbocycles. The van der Waals surface area contributed by atoms with Crippen molar-refractivity contribution < 1.29 is 4.79 Å². The van der Waals surface area contributed by atoms with Crippen LogP contribution in [0.3, 0.4) is 0 Å². The van der Waals surface area contributed by atoms with Gasteiger partial charge in [-0.15, -0.1) is 0 Å². The fourth-order valence-corrected chi connectivity index (χ4v) is 1.15. The Balaban J connectivity index is 3.65. The van der Waals surface area contributed by atoms with E-state index in [4.69, 9.17) is 0 Å². The van der Waals surface area contributed by atoms with Gasteiger partial charge in [-0.1, -0.05) is 0 Å². The minimum atomic E-state index is 0.116. The maximum atomic E-state index is 11.4. The van der Waals surface area contributed by atoms with Crippen LogP contribution in [0.1, 0.15) is 34.1 Å². The van der Waals surface area contributed by atoms with Crippen molar-refractivity contribution in [2.24, 2.45) is 0 Å². The molecule has 2 N–H and O–H groups in total. The average Bonchev–Trinajstić information content (AvgIpc) is 2.11. The standard InChI is InChI=1S/C12H27N3O/c1-10(2)14-11(16)7-8-13-9-12(3,4)15(5)6/h10,13H,7-9H2,1-6H3,(H,14,16). The van der Waals surface area contributed by atoms with Gasteiger partial charge < -0.3 is 15.5 Å². The van der Waals surface area contributed by atoms with E-state index in [2.05, 4.69) is 43.5 Å². The Hall–Kier alpha value is -0.610. The highest BCUT2D eigenvalue weighted by atomic mass is 16.1. The topological polar surface area (TPSA) is 44.4 Å². The summed E-state index contributed by atoms with van der Waals surface area (Å²) in [5.41, 5.74) is 0.120. The molecule has 4 nitrogen and oxygen atoms in total. The van der Waals surface area contributed by atoms with Crippen LogP contribution in [0.5, 0.6) is 0 Å². The largest absolute Gasteiger partial charge is 0.354 e. The fourth-order valence-electron chi connectivity index (χ4n) is 1.15. The second-order valence-electron chi connectivity index (χ2n) is 5.36. The molecule has 0 spiro atoms. The van der Waals surface area contributed by atoms with Gasteiger partial charge in [0.2, 0.25) is 5.91 Å². The van der Waals surface area contributed by atoms with Crippen LogP contribution in [0, 0.1) is 0 Å². The number of carbonyl (C=O) groups is 1. The number of hydrogen-bond acceptors (Lipinski definition) is 3. The number of amides is 1. The Morgan fingerprint density at radius 3 is 2.31 bits per heavy atom. The Kier molecular flexibility index (Phi) is 6.60. The van der Waals surface area contributed by atoms with Crippen LogP contribution >= 0.6 is 0 Å². The highest BCUT2D eigenvalue weighted by molar-refractivity contribution is 5.76. The Morgan fingerprint density at radius 1 is 1.31 bits per heavy atom. The van der Waals surface area contributed by atoms with Crippen LogP contribution in [0.2, 0.25) is 0 Å². The van der Waals surface area contributed by atoms with E-state index < -0.39 is 0 Å². The predicted octanol–water partition coefficient (Wildman–Crippen LogP) is 0.831. The highest BCUT2D eigenvalue weighted by Gasteiger charge is 2.19. The summed E-state index contributed by atoms with van der Waals surface area (Å²) in [7, 11) is 4.13. The lowest BCUT2D eigenvalue weighted by atomic mass is 10.0. The normalized spacial score (nSPS) is 12.2. The van der Waals surface area contributed by atoms with Gasteiger partial charge in [0.15, 0.2) is 0 Å². The first kappa shape index (κ1) is 15.4. The summed E-state index contributed by atoms with van der Waals surface area (Å²) in [5.74, 6) is 0.116. The SMILES string of the molecule is CC(C)NC(=O)CCNCC(C)(C)N(C)C. The zero-order chi connectivity index (χ0) is 12.8. The lowest BCUT2D eigenvalue weighted by Crippen LogP contribution is -2.47. The van der Waals surface area contributed by atoms with Gasteiger partial charge >= 0.3 is 0 Å². The van der Waals surface area contributed by atoms with Crippen LogP contribution < -0.4 is 10.6 Å². The van der Waals surface area contributed by atoms with Gasteiger partial charge in [-0.05, 0) is 41.8 Å². The van der Waals surface area contributed by atoms with Crippen molar-refractivity contribution in [3.05, 3.63) is 0 Å². The van der Waals surface area contributed by atoms with Crippen LogP contribution in [-0.2, 0) is 4.79 Å². The Bertz CT molecular complexity index is 212. The molecule has 0 aliphatic carbocycles. The van der Waals surface area contributed by atoms with E-state index in [1.165, 1.54) is 0 Å². The van der Waals surface area contributed by atoms with E-state index in [-0.39, 0.29) is 17.5 Å². The zero-order valence-corrected chi connectivity index (χ0v) is 11.6. The minimum absolute atomic E-state index is 0.116. The lowest BCUT2D eigenvalue weighted by molar-refractivity contribution is -0.121. The van der Waals surface area contributed by atoms with Crippen molar-refractivity contribution in [3.63, 3.8) is 0 Å². The number of nitrogens with one attached hydrogen (secondary N) is 2. The van der Waals surface area contributed by atoms with Crippen LogP contribution in [0.25, 0.3) is 0 Å². The molecule has 0 heterocycles. The molecule has 0 rings (SSSR count). The van der Waals surface area contributed by atoms with Gasteiger partial charge in [0.25, 0.3) is 0 Å². The summed E-state index contributed by atoms with van der Waals surface area (Å²) in [6.07, 6.45) is 0.543. The molecule has 4 heteroatoms. The maximum absolute atomic E-state index is 11.4. The molecule has 0 saturated carbocycles. The second kappa shape index (κ2) is 6.86.